The van der Waals surface area contributed by atoms with Gasteiger partial charge in [-0.2, -0.15) is 0 Å². The second-order valence-corrected chi connectivity index (χ2v) is 3.05. The molecule has 0 saturated carbocycles. The first-order valence-corrected chi connectivity index (χ1v) is 3.44. The van der Waals surface area contributed by atoms with Gasteiger partial charge in [-0.1, -0.05) is 9.39 Å². The number of carboxylic acids is 1. The van der Waals surface area contributed by atoms with E-state index in [4.69, 9.17) is 5.11 Å². The number of carbonyl (C=O) groups is 1. The largest absolute Gasteiger partial charge is 0.481 e. The number of rotatable bonds is 1. The maximum absolute atomic E-state index is 10.3. The van der Waals surface area contributed by atoms with Crippen LogP contribution in [-0.2, 0) is 4.79 Å². The van der Waals surface area contributed by atoms with Crippen molar-refractivity contribution in [3.8, 4) is 0 Å². The van der Waals surface area contributed by atoms with Crippen molar-refractivity contribution in [3.05, 3.63) is 0 Å². The minimum Gasteiger partial charge on any atom is -0.481 e. The van der Waals surface area contributed by atoms with E-state index in [1.807, 2.05) is 4.67 Å². The van der Waals surface area contributed by atoms with Gasteiger partial charge in [0.2, 0.25) is 0 Å². The smallest absolute Gasteiger partial charge is 0.307 e. The Morgan fingerprint density at radius 3 is 2.67 bits per heavy atom. The lowest BCUT2D eigenvalue weighted by Gasteiger charge is -2.04. The fourth-order valence-corrected chi connectivity index (χ4v) is 1.39. The maximum Gasteiger partial charge on any atom is 0.307 e. The van der Waals surface area contributed by atoms with Crippen LogP contribution in [0, 0.1) is 5.92 Å². The fourth-order valence-electron chi connectivity index (χ4n) is 0.989. The van der Waals surface area contributed by atoms with Crippen LogP contribution in [0.2, 0.25) is 0 Å². The van der Waals surface area contributed by atoms with Gasteiger partial charge in [0.05, 0.1) is 5.92 Å². The van der Waals surface area contributed by atoms with Gasteiger partial charge in [-0.3, -0.25) is 9.46 Å². The molecule has 1 fully saturated rings. The molecule has 1 saturated heterocycles. The highest BCUT2D eigenvalue weighted by Crippen LogP contribution is 2.18. The lowest BCUT2D eigenvalue weighted by molar-refractivity contribution is -0.141. The molecule has 0 aliphatic carbocycles. The number of hydrogen-bond acceptors (Lipinski definition) is 2. The molecule has 1 unspecified atom stereocenters. The predicted octanol–water partition coefficient (Wildman–Crippen LogP) is 0.183. The molecule has 4 heteroatoms. The molecule has 2 atom stereocenters. The standard InChI is InChI=1S/C5H10NO2P/c7-5(8)4-1-2-6(9)3-4/h4H,1-3,9H2,(H,7,8)/t4-/m1/s1. The van der Waals surface area contributed by atoms with Gasteiger partial charge < -0.3 is 5.11 Å². The number of hydrogen-bond donors (Lipinski definition) is 1. The van der Waals surface area contributed by atoms with Gasteiger partial charge in [0.25, 0.3) is 0 Å². The molecule has 1 aliphatic heterocycles. The van der Waals surface area contributed by atoms with Gasteiger partial charge in [0.15, 0.2) is 0 Å². The van der Waals surface area contributed by atoms with Crippen LogP contribution in [0.25, 0.3) is 0 Å². The molecule has 0 bridgehead atoms. The van der Waals surface area contributed by atoms with E-state index in [0.29, 0.717) is 6.54 Å². The first-order chi connectivity index (χ1) is 4.20. The lowest BCUT2D eigenvalue weighted by Crippen LogP contribution is -2.15. The number of aliphatic carboxylic acids is 1. The first-order valence-electron chi connectivity index (χ1n) is 2.92. The van der Waals surface area contributed by atoms with Gasteiger partial charge >= 0.3 is 5.97 Å². The van der Waals surface area contributed by atoms with E-state index < -0.39 is 5.97 Å². The first kappa shape index (κ1) is 6.97. The van der Waals surface area contributed by atoms with E-state index in [2.05, 4.69) is 9.39 Å². The van der Waals surface area contributed by atoms with E-state index in [1.54, 1.807) is 0 Å². The summed E-state index contributed by atoms with van der Waals surface area (Å²) in [5.41, 5.74) is 0. The summed E-state index contributed by atoms with van der Waals surface area (Å²) >= 11 is 0. The van der Waals surface area contributed by atoms with E-state index >= 15 is 0 Å². The molecule has 0 aromatic rings. The lowest BCUT2D eigenvalue weighted by atomic mass is 10.1. The molecule has 3 nitrogen and oxygen atoms in total. The molecule has 0 amide bonds. The second kappa shape index (κ2) is 2.63. The highest BCUT2D eigenvalue weighted by Gasteiger charge is 2.25. The van der Waals surface area contributed by atoms with Crippen LogP contribution in [0.5, 0.6) is 0 Å². The van der Waals surface area contributed by atoms with Crippen molar-refractivity contribution in [1.29, 1.82) is 0 Å². The molecule has 1 aliphatic rings. The Morgan fingerprint density at radius 1 is 1.78 bits per heavy atom. The second-order valence-electron chi connectivity index (χ2n) is 2.32. The Hall–Kier alpha value is -0.140. The maximum atomic E-state index is 10.3. The molecule has 0 aromatic heterocycles. The van der Waals surface area contributed by atoms with Crippen LogP contribution >= 0.6 is 9.39 Å². The summed E-state index contributed by atoms with van der Waals surface area (Å²) in [5, 5.41) is 8.50. The molecular weight excluding hydrogens is 137 g/mol. The van der Waals surface area contributed by atoms with Gasteiger partial charge in [-0.05, 0) is 6.42 Å². The van der Waals surface area contributed by atoms with Crippen LogP contribution in [0.15, 0.2) is 0 Å². The average Bonchev–Trinajstić information content (AvgIpc) is 2.14. The molecular formula is C5H10NO2P. The third-order valence-electron chi connectivity index (χ3n) is 1.57. The van der Waals surface area contributed by atoms with Gasteiger partial charge in [0.1, 0.15) is 0 Å². The molecule has 1 N–H and O–H groups in total. The van der Waals surface area contributed by atoms with Crippen molar-refractivity contribution in [1.82, 2.24) is 4.67 Å². The van der Waals surface area contributed by atoms with Gasteiger partial charge in [0, 0.05) is 13.1 Å². The van der Waals surface area contributed by atoms with Crippen molar-refractivity contribution in [2.75, 3.05) is 13.1 Å². The Morgan fingerprint density at radius 2 is 2.44 bits per heavy atom. The van der Waals surface area contributed by atoms with Crippen molar-refractivity contribution in [2.45, 2.75) is 6.42 Å². The zero-order chi connectivity index (χ0) is 6.85. The third-order valence-corrected chi connectivity index (χ3v) is 2.04. The molecule has 0 spiro atoms. The highest BCUT2D eigenvalue weighted by atomic mass is 31.0. The summed E-state index contributed by atoms with van der Waals surface area (Å²) in [4.78, 5) is 10.3. The normalized spacial score (nSPS) is 28.8. The summed E-state index contributed by atoms with van der Waals surface area (Å²) in [5.74, 6) is -0.803. The minimum absolute atomic E-state index is 0.137. The van der Waals surface area contributed by atoms with Crippen LogP contribution in [0.1, 0.15) is 6.42 Å². The van der Waals surface area contributed by atoms with Crippen LogP contribution in [0.3, 0.4) is 0 Å². The fraction of sp³-hybridized carbons (Fsp3) is 0.800. The van der Waals surface area contributed by atoms with Crippen molar-refractivity contribution in [3.63, 3.8) is 0 Å². The number of carboxylic acid groups (broad SMARTS) is 1. The summed E-state index contributed by atoms with van der Waals surface area (Å²) in [7, 11) is 2.51. The Kier molecular flexibility index (Phi) is 2.04. The van der Waals surface area contributed by atoms with Gasteiger partial charge in [-0.25, -0.2) is 0 Å². The zero-order valence-electron chi connectivity index (χ0n) is 5.08. The monoisotopic (exact) mass is 147 g/mol. The SMILES string of the molecule is O=C(O)[C@@H]1CCN(P)C1. The van der Waals surface area contributed by atoms with E-state index in [0.717, 1.165) is 13.0 Å². The van der Waals surface area contributed by atoms with E-state index in [9.17, 15) is 4.79 Å². The van der Waals surface area contributed by atoms with Crippen molar-refractivity contribution < 1.29 is 9.90 Å². The average molecular weight is 147 g/mol. The van der Waals surface area contributed by atoms with Crippen LogP contribution < -0.4 is 0 Å². The summed E-state index contributed by atoms with van der Waals surface area (Å²) in [6.45, 7) is 1.57. The quantitative estimate of drug-likeness (QED) is 0.538. The Bertz CT molecular complexity index is 128. The molecule has 52 valence electrons. The molecule has 1 rings (SSSR count). The predicted molar refractivity (Wildman–Crippen MR) is 37.0 cm³/mol. The topological polar surface area (TPSA) is 40.5 Å². The Labute approximate surface area is 56.3 Å². The molecule has 0 aromatic carbocycles. The summed E-state index contributed by atoms with van der Waals surface area (Å²) in [6, 6.07) is 0. The third kappa shape index (κ3) is 1.63. The number of nitrogens with zero attached hydrogens (tertiary/aromatic N) is 1. The van der Waals surface area contributed by atoms with Crippen molar-refractivity contribution >= 4 is 15.4 Å². The van der Waals surface area contributed by atoms with Crippen LogP contribution in [0.4, 0.5) is 0 Å². The summed E-state index contributed by atoms with van der Waals surface area (Å²) in [6.07, 6.45) is 0.791. The van der Waals surface area contributed by atoms with Gasteiger partial charge in [-0.15, -0.1) is 0 Å². The summed E-state index contributed by atoms with van der Waals surface area (Å²) < 4.78 is 1.96. The van der Waals surface area contributed by atoms with Crippen molar-refractivity contribution in [2.24, 2.45) is 5.92 Å². The highest BCUT2D eigenvalue weighted by molar-refractivity contribution is 7.13. The molecule has 9 heavy (non-hydrogen) atoms. The zero-order valence-corrected chi connectivity index (χ0v) is 6.23. The molecule has 0 radical (unpaired) electrons. The Balaban J connectivity index is 2.39. The minimum atomic E-state index is -0.667. The molecule has 1 heterocycles. The van der Waals surface area contributed by atoms with E-state index in [1.165, 1.54) is 0 Å². The van der Waals surface area contributed by atoms with E-state index in [-0.39, 0.29) is 5.92 Å². The van der Waals surface area contributed by atoms with Crippen LogP contribution in [-0.4, -0.2) is 28.8 Å².